The molecule has 0 bridgehead atoms. The summed E-state index contributed by atoms with van der Waals surface area (Å²) in [5, 5.41) is 3.46. The second kappa shape index (κ2) is 8.13. The molecule has 1 atom stereocenters. The minimum absolute atomic E-state index is 0.278. The minimum atomic E-state index is -0.685. The molecule has 5 nitrogen and oxygen atoms in total. The first-order valence-corrected chi connectivity index (χ1v) is 10.0. The van der Waals surface area contributed by atoms with Crippen LogP contribution in [0, 0.1) is 13.8 Å². The zero-order valence-corrected chi connectivity index (χ0v) is 17.0. The van der Waals surface area contributed by atoms with E-state index >= 15 is 0 Å². The second-order valence-corrected chi connectivity index (χ2v) is 7.96. The van der Waals surface area contributed by atoms with Gasteiger partial charge in [-0.2, -0.15) is 0 Å². The van der Waals surface area contributed by atoms with Crippen LogP contribution in [0.2, 0.25) is 0 Å². The SMILES string of the molecule is COC(=O)c1c(NC(=O)[C@H](C)Oc2cccc(C)c2C)sc2c1CCCC2. The van der Waals surface area contributed by atoms with E-state index in [0.29, 0.717) is 16.3 Å². The lowest BCUT2D eigenvalue weighted by Crippen LogP contribution is -2.30. The third-order valence-corrected chi connectivity index (χ3v) is 6.23. The van der Waals surface area contributed by atoms with E-state index in [1.807, 2.05) is 32.0 Å². The summed E-state index contributed by atoms with van der Waals surface area (Å²) in [4.78, 5) is 26.2. The Bertz CT molecular complexity index is 871. The van der Waals surface area contributed by atoms with E-state index in [1.54, 1.807) is 6.92 Å². The van der Waals surface area contributed by atoms with Gasteiger partial charge in [-0.15, -0.1) is 11.3 Å². The number of amides is 1. The number of thiophene rings is 1. The third-order valence-electron chi connectivity index (χ3n) is 5.03. The minimum Gasteiger partial charge on any atom is -0.481 e. The van der Waals surface area contributed by atoms with Gasteiger partial charge in [-0.05, 0) is 69.2 Å². The molecule has 0 fully saturated rings. The van der Waals surface area contributed by atoms with Crippen LogP contribution in [0.15, 0.2) is 18.2 Å². The van der Waals surface area contributed by atoms with Gasteiger partial charge in [0.05, 0.1) is 12.7 Å². The Balaban J connectivity index is 1.80. The first-order valence-electron chi connectivity index (χ1n) is 9.19. The molecule has 2 aromatic rings. The number of fused-ring (bicyclic) bond motifs is 1. The summed E-state index contributed by atoms with van der Waals surface area (Å²) >= 11 is 1.47. The zero-order valence-electron chi connectivity index (χ0n) is 16.2. The van der Waals surface area contributed by atoms with E-state index < -0.39 is 12.1 Å². The largest absolute Gasteiger partial charge is 0.481 e. The van der Waals surface area contributed by atoms with Gasteiger partial charge >= 0.3 is 5.97 Å². The summed E-state index contributed by atoms with van der Waals surface area (Å²) < 4.78 is 10.8. The summed E-state index contributed by atoms with van der Waals surface area (Å²) in [6.45, 7) is 5.69. The van der Waals surface area contributed by atoms with Crippen molar-refractivity contribution in [3.63, 3.8) is 0 Å². The lowest BCUT2D eigenvalue weighted by Gasteiger charge is -2.17. The molecule has 0 saturated carbocycles. The highest BCUT2D eigenvalue weighted by molar-refractivity contribution is 7.17. The highest BCUT2D eigenvalue weighted by Crippen LogP contribution is 2.38. The van der Waals surface area contributed by atoms with E-state index in [2.05, 4.69) is 5.32 Å². The fourth-order valence-corrected chi connectivity index (χ4v) is 4.56. The van der Waals surface area contributed by atoms with Crippen LogP contribution in [-0.2, 0) is 22.4 Å². The van der Waals surface area contributed by atoms with Crippen molar-refractivity contribution < 1.29 is 19.1 Å². The zero-order chi connectivity index (χ0) is 19.6. The number of benzene rings is 1. The molecule has 1 aromatic carbocycles. The Morgan fingerprint density at radius 1 is 1.19 bits per heavy atom. The van der Waals surface area contributed by atoms with Crippen LogP contribution in [-0.4, -0.2) is 25.1 Å². The molecule has 0 unspecified atom stereocenters. The van der Waals surface area contributed by atoms with Gasteiger partial charge in [0.15, 0.2) is 6.10 Å². The molecule has 144 valence electrons. The normalized spacial score (nSPS) is 14.2. The summed E-state index contributed by atoms with van der Waals surface area (Å²) in [7, 11) is 1.37. The maximum absolute atomic E-state index is 12.7. The lowest BCUT2D eigenvalue weighted by atomic mass is 9.95. The molecule has 0 aliphatic heterocycles. The lowest BCUT2D eigenvalue weighted by molar-refractivity contribution is -0.122. The standard InChI is InChI=1S/C21H25NO4S/c1-12-8-7-10-16(13(12)2)26-14(3)19(23)22-20-18(21(24)25-4)15-9-5-6-11-17(15)27-20/h7-8,10,14H,5-6,9,11H2,1-4H3,(H,22,23)/t14-/m0/s1. The molecule has 0 spiro atoms. The monoisotopic (exact) mass is 387 g/mol. The van der Waals surface area contributed by atoms with Crippen LogP contribution in [0.4, 0.5) is 5.00 Å². The highest BCUT2D eigenvalue weighted by Gasteiger charge is 2.28. The van der Waals surface area contributed by atoms with Gasteiger partial charge in [0, 0.05) is 4.88 Å². The van der Waals surface area contributed by atoms with Gasteiger partial charge < -0.3 is 14.8 Å². The number of anilines is 1. The molecule has 1 amide bonds. The van der Waals surface area contributed by atoms with E-state index in [4.69, 9.17) is 9.47 Å². The molecule has 1 heterocycles. The number of hydrogen-bond donors (Lipinski definition) is 1. The van der Waals surface area contributed by atoms with E-state index in [0.717, 1.165) is 42.4 Å². The molecule has 1 N–H and O–H groups in total. The number of methoxy groups -OCH3 is 1. The van der Waals surface area contributed by atoms with E-state index in [-0.39, 0.29) is 5.91 Å². The molecular weight excluding hydrogens is 362 g/mol. The molecule has 1 aliphatic rings. The number of nitrogens with one attached hydrogen (secondary N) is 1. The van der Waals surface area contributed by atoms with Crippen molar-refractivity contribution in [3.8, 4) is 5.75 Å². The predicted molar refractivity (Wildman–Crippen MR) is 107 cm³/mol. The van der Waals surface area contributed by atoms with Crippen molar-refractivity contribution in [2.45, 2.75) is 52.6 Å². The van der Waals surface area contributed by atoms with Crippen LogP contribution < -0.4 is 10.1 Å². The number of esters is 1. The highest BCUT2D eigenvalue weighted by atomic mass is 32.1. The molecule has 1 aromatic heterocycles. The fourth-order valence-electron chi connectivity index (χ4n) is 3.28. The topological polar surface area (TPSA) is 64.6 Å². The summed E-state index contributed by atoms with van der Waals surface area (Å²) in [6, 6.07) is 5.77. The van der Waals surface area contributed by atoms with Crippen LogP contribution in [0.25, 0.3) is 0 Å². The van der Waals surface area contributed by atoms with Gasteiger partial charge in [-0.25, -0.2) is 4.79 Å². The maximum Gasteiger partial charge on any atom is 0.341 e. The van der Waals surface area contributed by atoms with Gasteiger partial charge in [0.1, 0.15) is 10.8 Å². The van der Waals surface area contributed by atoms with Crippen molar-refractivity contribution >= 4 is 28.2 Å². The van der Waals surface area contributed by atoms with Crippen molar-refractivity contribution in [2.75, 3.05) is 12.4 Å². The Morgan fingerprint density at radius 2 is 1.93 bits per heavy atom. The quantitative estimate of drug-likeness (QED) is 0.771. The second-order valence-electron chi connectivity index (χ2n) is 6.85. The van der Waals surface area contributed by atoms with Crippen LogP contribution in [0.5, 0.6) is 5.75 Å². The van der Waals surface area contributed by atoms with Gasteiger partial charge in [-0.3, -0.25) is 4.79 Å². The van der Waals surface area contributed by atoms with Gasteiger partial charge in [-0.1, -0.05) is 12.1 Å². The molecule has 0 saturated heterocycles. The molecule has 6 heteroatoms. The Morgan fingerprint density at radius 3 is 2.67 bits per heavy atom. The number of rotatable bonds is 5. The summed E-state index contributed by atoms with van der Waals surface area (Å²) in [5.74, 6) is 0.0174. The molecule has 3 rings (SSSR count). The van der Waals surface area contributed by atoms with Crippen LogP contribution in [0.3, 0.4) is 0 Å². The van der Waals surface area contributed by atoms with Crippen LogP contribution in [0.1, 0.15) is 51.7 Å². The van der Waals surface area contributed by atoms with Crippen molar-refractivity contribution in [2.24, 2.45) is 0 Å². The summed E-state index contributed by atoms with van der Waals surface area (Å²) in [6.07, 6.45) is 3.26. The predicted octanol–water partition coefficient (Wildman–Crippen LogP) is 4.44. The van der Waals surface area contributed by atoms with Crippen LogP contribution >= 0.6 is 11.3 Å². The molecular formula is C21H25NO4S. The fraction of sp³-hybridized carbons (Fsp3) is 0.429. The van der Waals surface area contributed by atoms with Crippen molar-refractivity contribution in [1.82, 2.24) is 0 Å². The number of carbonyl (C=O) groups is 2. The Hall–Kier alpha value is -2.34. The first-order chi connectivity index (χ1) is 12.9. The first kappa shape index (κ1) is 19.4. The van der Waals surface area contributed by atoms with Gasteiger partial charge in [0.2, 0.25) is 0 Å². The number of hydrogen-bond acceptors (Lipinski definition) is 5. The third kappa shape index (κ3) is 4.00. The van der Waals surface area contributed by atoms with Crippen molar-refractivity contribution in [1.29, 1.82) is 0 Å². The van der Waals surface area contributed by atoms with E-state index in [1.165, 1.54) is 23.3 Å². The Kier molecular flexibility index (Phi) is 5.85. The molecule has 1 aliphatic carbocycles. The smallest absolute Gasteiger partial charge is 0.341 e. The number of aryl methyl sites for hydroxylation is 2. The molecule has 27 heavy (non-hydrogen) atoms. The van der Waals surface area contributed by atoms with E-state index in [9.17, 15) is 9.59 Å². The maximum atomic E-state index is 12.7. The number of ether oxygens (including phenoxy) is 2. The number of carbonyl (C=O) groups excluding carboxylic acids is 2. The average molecular weight is 388 g/mol. The Labute approximate surface area is 163 Å². The summed E-state index contributed by atoms with van der Waals surface area (Å²) in [5.41, 5.74) is 3.65. The average Bonchev–Trinajstić information content (AvgIpc) is 3.02. The van der Waals surface area contributed by atoms with Crippen molar-refractivity contribution in [3.05, 3.63) is 45.3 Å². The van der Waals surface area contributed by atoms with Gasteiger partial charge in [0.25, 0.3) is 5.91 Å². The molecule has 0 radical (unpaired) electrons.